The summed E-state index contributed by atoms with van der Waals surface area (Å²) in [5, 5.41) is 9.14. The normalized spacial score (nSPS) is 27.2. The summed E-state index contributed by atoms with van der Waals surface area (Å²) in [6.45, 7) is 2.35. The Balaban J connectivity index is 2.16. The first kappa shape index (κ1) is 13.8. The summed E-state index contributed by atoms with van der Waals surface area (Å²) in [5.74, 6) is -1.44. The monoisotopic (exact) mass is 267 g/mol. The summed E-state index contributed by atoms with van der Waals surface area (Å²) in [6, 6.07) is 0. The zero-order valence-corrected chi connectivity index (χ0v) is 10.9. The first-order valence-corrected chi connectivity index (χ1v) is 6.15. The van der Waals surface area contributed by atoms with E-state index in [1.807, 2.05) is 6.08 Å². The Morgan fingerprint density at radius 3 is 2.95 bits per heavy atom. The fourth-order valence-electron chi connectivity index (χ4n) is 2.38. The Kier molecular flexibility index (Phi) is 4.01. The third-order valence-corrected chi connectivity index (χ3v) is 3.29. The van der Waals surface area contributed by atoms with Gasteiger partial charge in [-0.15, -0.1) is 0 Å². The fourth-order valence-corrected chi connectivity index (χ4v) is 2.38. The van der Waals surface area contributed by atoms with Crippen molar-refractivity contribution in [1.82, 2.24) is 4.90 Å². The lowest BCUT2D eigenvalue weighted by Crippen LogP contribution is -2.42. The van der Waals surface area contributed by atoms with Gasteiger partial charge in [0.2, 0.25) is 6.23 Å². The van der Waals surface area contributed by atoms with Gasteiger partial charge in [0, 0.05) is 26.5 Å². The number of ether oxygens (including phenoxy) is 2. The van der Waals surface area contributed by atoms with Gasteiger partial charge in [0.1, 0.15) is 6.10 Å². The van der Waals surface area contributed by atoms with E-state index in [-0.39, 0.29) is 11.7 Å². The molecule has 0 aromatic rings. The fraction of sp³-hybridized carbons (Fsp3) is 0.538. The largest absolute Gasteiger partial charge is 0.478 e. The molecular formula is C13H17NO5. The molecule has 0 aromatic carbocycles. The molecule has 0 bridgehead atoms. The molecule has 1 aliphatic carbocycles. The molecule has 1 aliphatic heterocycles. The van der Waals surface area contributed by atoms with Crippen molar-refractivity contribution in [3.05, 3.63) is 23.9 Å². The third-order valence-electron chi connectivity index (χ3n) is 3.29. The van der Waals surface area contributed by atoms with Crippen LogP contribution in [0.1, 0.15) is 6.92 Å². The number of rotatable bonds is 5. The first-order valence-electron chi connectivity index (χ1n) is 6.15. The number of carbonyl (C=O) groups is 2. The number of nitrogens with zero attached hydrogens (tertiary/aromatic N) is 1. The zero-order chi connectivity index (χ0) is 14.0. The lowest BCUT2D eigenvalue weighted by Gasteiger charge is -2.25. The van der Waals surface area contributed by atoms with Gasteiger partial charge >= 0.3 is 5.97 Å². The Bertz CT molecular complexity index is 442. The minimum absolute atomic E-state index is 0.0422. The van der Waals surface area contributed by atoms with E-state index >= 15 is 0 Å². The Labute approximate surface area is 111 Å². The molecule has 0 amide bonds. The summed E-state index contributed by atoms with van der Waals surface area (Å²) < 4.78 is 10.3. The predicted octanol–water partition coefficient (Wildman–Crippen LogP) is 0.403. The number of carbonyl (C=O) groups excluding carboxylic acids is 1. The van der Waals surface area contributed by atoms with Crippen molar-refractivity contribution >= 4 is 11.8 Å². The van der Waals surface area contributed by atoms with E-state index in [4.69, 9.17) is 14.6 Å². The van der Waals surface area contributed by atoms with Gasteiger partial charge in [-0.05, 0) is 18.6 Å². The van der Waals surface area contributed by atoms with Gasteiger partial charge in [-0.1, -0.05) is 6.08 Å². The summed E-state index contributed by atoms with van der Waals surface area (Å²) in [4.78, 5) is 24.8. The number of methoxy groups -OCH3 is 1. The molecule has 6 nitrogen and oxygen atoms in total. The molecule has 19 heavy (non-hydrogen) atoms. The van der Waals surface area contributed by atoms with E-state index in [9.17, 15) is 9.59 Å². The van der Waals surface area contributed by atoms with E-state index in [1.165, 1.54) is 7.11 Å². The highest BCUT2D eigenvalue weighted by Crippen LogP contribution is 2.30. The number of aliphatic carboxylic acids is 1. The highest BCUT2D eigenvalue weighted by molar-refractivity contribution is 5.92. The van der Waals surface area contributed by atoms with Gasteiger partial charge in [-0.25, -0.2) is 4.79 Å². The molecule has 2 aliphatic rings. The van der Waals surface area contributed by atoms with Gasteiger partial charge in [0.25, 0.3) is 0 Å². The summed E-state index contributed by atoms with van der Waals surface area (Å²) in [7, 11) is 1.48. The van der Waals surface area contributed by atoms with Crippen LogP contribution in [0.25, 0.3) is 0 Å². The van der Waals surface area contributed by atoms with E-state index < -0.39 is 18.3 Å². The minimum atomic E-state index is -1.06. The van der Waals surface area contributed by atoms with Crippen molar-refractivity contribution in [2.75, 3.05) is 20.3 Å². The van der Waals surface area contributed by atoms with Crippen molar-refractivity contribution in [1.29, 1.82) is 0 Å². The topological polar surface area (TPSA) is 76.1 Å². The SMILES string of the molecule is CCOC(C(=O)O)N1C=C2C=CC(OC)C(=O)C2C1. The van der Waals surface area contributed by atoms with Crippen molar-refractivity contribution < 1.29 is 24.2 Å². The number of carboxylic acid groups (broad SMARTS) is 1. The molecule has 0 saturated carbocycles. The van der Waals surface area contributed by atoms with Gasteiger partial charge in [0.15, 0.2) is 5.78 Å². The molecule has 0 aromatic heterocycles. The van der Waals surface area contributed by atoms with Crippen molar-refractivity contribution in [2.24, 2.45) is 5.92 Å². The van der Waals surface area contributed by atoms with Crippen molar-refractivity contribution in [3.8, 4) is 0 Å². The van der Waals surface area contributed by atoms with Crippen molar-refractivity contribution in [3.63, 3.8) is 0 Å². The van der Waals surface area contributed by atoms with Gasteiger partial charge in [-0.2, -0.15) is 0 Å². The van der Waals surface area contributed by atoms with Crippen LogP contribution in [0.4, 0.5) is 0 Å². The molecule has 1 heterocycles. The molecule has 104 valence electrons. The highest BCUT2D eigenvalue weighted by atomic mass is 16.5. The van der Waals surface area contributed by atoms with E-state index in [2.05, 4.69) is 0 Å². The van der Waals surface area contributed by atoms with E-state index in [1.54, 1.807) is 24.1 Å². The smallest absolute Gasteiger partial charge is 0.354 e. The number of hydrogen-bond acceptors (Lipinski definition) is 5. The molecule has 1 N–H and O–H groups in total. The molecule has 2 rings (SSSR count). The molecule has 0 saturated heterocycles. The Morgan fingerprint density at radius 2 is 2.37 bits per heavy atom. The van der Waals surface area contributed by atoms with Gasteiger partial charge < -0.3 is 19.5 Å². The summed E-state index contributed by atoms with van der Waals surface area (Å²) >= 11 is 0. The maximum absolute atomic E-state index is 12.1. The lowest BCUT2D eigenvalue weighted by atomic mass is 9.88. The Hall–Kier alpha value is -1.66. The van der Waals surface area contributed by atoms with Crippen LogP contribution in [0.3, 0.4) is 0 Å². The van der Waals surface area contributed by atoms with E-state index in [0.717, 1.165) is 5.57 Å². The zero-order valence-electron chi connectivity index (χ0n) is 10.9. The molecular weight excluding hydrogens is 250 g/mol. The highest BCUT2D eigenvalue weighted by Gasteiger charge is 2.39. The van der Waals surface area contributed by atoms with Gasteiger partial charge in [-0.3, -0.25) is 4.79 Å². The van der Waals surface area contributed by atoms with Crippen LogP contribution in [0.5, 0.6) is 0 Å². The second kappa shape index (κ2) is 5.54. The molecule has 6 heteroatoms. The first-order chi connectivity index (χ1) is 9.08. The van der Waals surface area contributed by atoms with Crippen LogP contribution >= 0.6 is 0 Å². The molecule has 0 fully saturated rings. The lowest BCUT2D eigenvalue weighted by molar-refractivity contribution is -0.161. The summed E-state index contributed by atoms with van der Waals surface area (Å²) in [6.07, 6.45) is 3.58. The standard InChI is InChI=1S/C13H17NO5/c1-3-19-12(13(16)17)14-6-8-4-5-10(18-2)11(15)9(8)7-14/h4-6,9-10,12H,3,7H2,1-2H3,(H,16,17). The van der Waals surface area contributed by atoms with Crippen LogP contribution in [0.2, 0.25) is 0 Å². The number of allylic oxidation sites excluding steroid dienone is 1. The molecule has 0 radical (unpaired) electrons. The maximum atomic E-state index is 12.1. The van der Waals surface area contributed by atoms with E-state index in [0.29, 0.717) is 13.2 Å². The molecule has 3 atom stereocenters. The average molecular weight is 267 g/mol. The summed E-state index contributed by atoms with van der Waals surface area (Å²) in [5.41, 5.74) is 0.809. The number of fused-ring (bicyclic) bond motifs is 1. The number of ketones is 1. The van der Waals surface area contributed by atoms with Crippen LogP contribution in [-0.4, -0.2) is 54.4 Å². The maximum Gasteiger partial charge on any atom is 0.354 e. The quantitative estimate of drug-likeness (QED) is 0.777. The predicted molar refractivity (Wildman–Crippen MR) is 66.3 cm³/mol. The number of Topliss-reactive ketones (excluding diaryl/α,β-unsaturated/α-hetero) is 1. The van der Waals surface area contributed by atoms with Crippen LogP contribution in [0, 0.1) is 5.92 Å². The van der Waals surface area contributed by atoms with Crippen LogP contribution in [0.15, 0.2) is 23.9 Å². The van der Waals surface area contributed by atoms with Gasteiger partial charge in [0.05, 0.1) is 5.92 Å². The van der Waals surface area contributed by atoms with Crippen molar-refractivity contribution in [2.45, 2.75) is 19.3 Å². The van der Waals surface area contributed by atoms with Crippen LogP contribution < -0.4 is 0 Å². The molecule has 3 unspecified atom stereocenters. The minimum Gasteiger partial charge on any atom is -0.478 e. The second-order valence-electron chi connectivity index (χ2n) is 4.44. The average Bonchev–Trinajstić information content (AvgIpc) is 2.80. The number of hydrogen-bond donors (Lipinski definition) is 1. The number of carboxylic acids is 1. The Morgan fingerprint density at radius 1 is 1.63 bits per heavy atom. The molecule has 0 spiro atoms. The van der Waals surface area contributed by atoms with Crippen LogP contribution in [-0.2, 0) is 19.1 Å². The second-order valence-corrected chi connectivity index (χ2v) is 4.44. The third kappa shape index (κ3) is 2.54.